The third kappa shape index (κ3) is 6.05. The third-order valence-corrected chi connectivity index (χ3v) is 8.96. The van der Waals surface area contributed by atoms with Crippen LogP contribution in [0.15, 0.2) is 66.1 Å². The van der Waals surface area contributed by atoms with Gasteiger partial charge < -0.3 is 10.6 Å². The molecule has 1 aliphatic rings. The summed E-state index contributed by atoms with van der Waals surface area (Å²) in [6, 6.07) is 14.4. The Bertz CT molecular complexity index is 1220. The van der Waals surface area contributed by atoms with E-state index in [1.807, 2.05) is 58.0 Å². The van der Waals surface area contributed by atoms with Crippen molar-refractivity contribution in [2.45, 2.75) is 75.9 Å². The third-order valence-electron chi connectivity index (χ3n) is 6.65. The van der Waals surface area contributed by atoms with Crippen molar-refractivity contribution in [3.05, 3.63) is 77.9 Å². The Balaban J connectivity index is 1.79. The Morgan fingerprint density at radius 1 is 1.06 bits per heavy atom. The molecule has 1 saturated heterocycles. The highest BCUT2D eigenvalue weighted by atomic mass is 32.2. The van der Waals surface area contributed by atoms with Gasteiger partial charge in [0.15, 0.2) is 0 Å². The van der Waals surface area contributed by atoms with Crippen LogP contribution in [0.2, 0.25) is 0 Å². The molecule has 8 heteroatoms. The quantitative estimate of drug-likeness (QED) is 0.524. The molecule has 1 heterocycles. The zero-order valence-corrected chi connectivity index (χ0v) is 22.6. The number of benzene rings is 2. The number of carbonyl (C=O) groups is 2. The van der Waals surface area contributed by atoms with Gasteiger partial charge in [0.1, 0.15) is 0 Å². The van der Waals surface area contributed by atoms with Crippen LogP contribution in [0.5, 0.6) is 0 Å². The van der Waals surface area contributed by atoms with Crippen molar-refractivity contribution in [3.8, 4) is 0 Å². The first-order chi connectivity index (χ1) is 16.8. The average molecular weight is 512 g/mol. The Hall–Kier alpha value is -2.97. The monoisotopic (exact) mass is 511 g/mol. The van der Waals surface area contributed by atoms with Crippen molar-refractivity contribution >= 4 is 21.8 Å². The van der Waals surface area contributed by atoms with Gasteiger partial charge in [-0.1, -0.05) is 36.9 Å². The number of hydrogen-bond acceptors (Lipinski definition) is 4. The first kappa shape index (κ1) is 27.6. The molecule has 0 radical (unpaired) electrons. The van der Waals surface area contributed by atoms with E-state index in [0.717, 1.165) is 5.56 Å². The molecule has 0 aliphatic carbocycles. The van der Waals surface area contributed by atoms with Gasteiger partial charge in [0.25, 0.3) is 5.91 Å². The normalized spacial score (nSPS) is 17.8. The van der Waals surface area contributed by atoms with Gasteiger partial charge in [-0.3, -0.25) is 9.59 Å². The fourth-order valence-corrected chi connectivity index (χ4v) is 7.72. The predicted molar refractivity (Wildman–Crippen MR) is 142 cm³/mol. The first-order valence-electron chi connectivity index (χ1n) is 12.2. The molecule has 0 atom stereocenters. The van der Waals surface area contributed by atoms with Crippen molar-refractivity contribution < 1.29 is 18.0 Å². The molecule has 3 rings (SSSR count). The predicted octanol–water partition coefficient (Wildman–Crippen LogP) is 3.98. The van der Waals surface area contributed by atoms with E-state index in [0.29, 0.717) is 36.9 Å². The van der Waals surface area contributed by atoms with Crippen LogP contribution in [-0.4, -0.2) is 48.2 Å². The minimum absolute atomic E-state index is 0.149. The van der Waals surface area contributed by atoms with Crippen LogP contribution in [0.1, 0.15) is 62.0 Å². The maximum absolute atomic E-state index is 13.9. The second kappa shape index (κ2) is 10.6. The molecular weight excluding hydrogens is 474 g/mol. The van der Waals surface area contributed by atoms with Crippen molar-refractivity contribution in [2.24, 2.45) is 0 Å². The van der Waals surface area contributed by atoms with E-state index in [9.17, 15) is 18.0 Å². The second-order valence-electron chi connectivity index (χ2n) is 10.7. The summed E-state index contributed by atoms with van der Waals surface area (Å²) in [6.45, 7) is 13.2. The number of amides is 2. The van der Waals surface area contributed by atoms with Gasteiger partial charge >= 0.3 is 0 Å². The molecule has 0 unspecified atom stereocenters. The van der Waals surface area contributed by atoms with Crippen molar-refractivity contribution in [1.82, 2.24) is 14.9 Å². The summed E-state index contributed by atoms with van der Waals surface area (Å²) in [4.78, 5) is 24.8. The summed E-state index contributed by atoms with van der Waals surface area (Å²) in [5, 5.41) is 5.85. The number of sulfonamides is 1. The molecule has 2 aromatic carbocycles. The van der Waals surface area contributed by atoms with Gasteiger partial charge in [-0.2, -0.15) is 4.31 Å². The molecule has 194 valence electrons. The lowest BCUT2D eigenvalue weighted by Crippen LogP contribution is -2.65. The van der Waals surface area contributed by atoms with Gasteiger partial charge in [-0.25, -0.2) is 8.42 Å². The maximum Gasteiger partial charge on any atom is 0.251 e. The summed E-state index contributed by atoms with van der Waals surface area (Å²) in [5.41, 5.74) is 0.680. The van der Waals surface area contributed by atoms with E-state index in [-0.39, 0.29) is 22.8 Å². The Labute approximate surface area is 215 Å². The van der Waals surface area contributed by atoms with Crippen LogP contribution in [-0.2, 0) is 21.2 Å². The van der Waals surface area contributed by atoms with Crippen molar-refractivity contribution in [2.75, 3.05) is 6.54 Å². The smallest absolute Gasteiger partial charge is 0.251 e. The van der Waals surface area contributed by atoms with Gasteiger partial charge in [0.05, 0.1) is 4.90 Å². The van der Waals surface area contributed by atoms with Crippen LogP contribution >= 0.6 is 0 Å². The molecule has 0 aromatic heterocycles. The number of nitrogens with one attached hydrogen (secondary N) is 2. The molecule has 36 heavy (non-hydrogen) atoms. The summed E-state index contributed by atoms with van der Waals surface area (Å²) < 4.78 is 29.3. The zero-order valence-electron chi connectivity index (χ0n) is 21.8. The number of nitrogens with zero attached hydrogens (tertiary/aromatic N) is 1. The minimum Gasteiger partial charge on any atom is -0.352 e. The van der Waals surface area contributed by atoms with Crippen LogP contribution in [0.4, 0.5) is 0 Å². The van der Waals surface area contributed by atoms with Crippen LogP contribution in [0, 0.1) is 6.92 Å². The van der Waals surface area contributed by atoms with Gasteiger partial charge in [0, 0.05) is 29.2 Å². The lowest BCUT2D eigenvalue weighted by atomic mass is 9.79. The standard InChI is InChI=1S/C28H37N3O4S/c1-7-25(32)30-22-18-27(3,4)31(28(5,6)19-22)36(34,35)23-13-14-24(20(2)17-23)26(33)29-16-15-21-11-9-8-10-12-21/h7-14,17,22H,1,15-16,18-19H2,2-6H3,(H,29,33)(H,30,32). The maximum atomic E-state index is 13.9. The molecule has 0 saturated carbocycles. The number of hydrogen-bond donors (Lipinski definition) is 2. The van der Waals surface area contributed by atoms with E-state index in [4.69, 9.17) is 0 Å². The van der Waals surface area contributed by atoms with Crippen molar-refractivity contribution in [1.29, 1.82) is 0 Å². The average Bonchev–Trinajstić information content (AvgIpc) is 2.77. The largest absolute Gasteiger partial charge is 0.352 e. The number of carbonyl (C=O) groups excluding carboxylic acids is 2. The van der Waals surface area contributed by atoms with Gasteiger partial charge in [-0.05, 0) is 89.3 Å². The highest BCUT2D eigenvalue weighted by Crippen LogP contribution is 2.42. The Kier molecular flexibility index (Phi) is 8.10. The van der Waals surface area contributed by atoms with Gasteiger partial charge in [-0.15, -0.1) is 0 Å². The molecule has 2 amide bonds. The highest BCUT2D eigenvalue weighted by molar-refractivity contribution is 7.89. The SMILES string of the molecule is C=CC(=O)NC1CC(C)(C)N(S(=O)(=O)c2ccc(C(=O)NCCc3ccccc3)c(C)c2)C(C)(C)C1. The highest BCUT2D eigenvalue weighted by Gasteiger charge is 2.51. The van der Waals surface area contributed by atoms with Crippen LogP contribution < -0.4 is 10.6 Å². The molecule has 7 nitrogen and oxygen atoms in total. The summed E-state index contributed by atoms with van der Waals surface area (Å²) >= 11 is 0. The summed E-state index contributed by atoms with van der Waals surface area (Å²) in [7, 11) is -3.88. The Morgan fingerprint density at radius 3 is 2.22 bits per heavy atom. The minimum atomic E-state index is -3.88. The number of rotatable bonds is 8. The van der Waals surface area contributed by atoms with Gasteiger partial charge in [0.2, 0.25) is 15.9 Å². The molecular formula is C28H37N3O4S. The van der Waals surface area contributed by atoms with E-state index in [1.54, 1.807) is 23.4 Å². The van der Waals surface area contributed by atoms with E-state index in [2.05, 4.69) is 17.2 Å². The zero-order chi connectivity index (χ0) is 26.7. The fourth-order valence-electron chi connectivity index (χ4n) is 5.49. The molecule has 2 N–H and O–H groups in total. The molecule has 1 fully saturated rings. The van der Waals surface area contributed by atoms with E-state index in [1.165, 1.54) is 12.1 Å². The topological polar surface area (TPSA) is 95.6 Å². The lowest BCUT2D eigenvalue weighted by Gasteiger charge is -2.53. The summed E-state index contributed by atoms with van der Waals surface area (Å²) in [6.07, 6.45) is 2.88. The Morgan fingerprint density at radius 2 is 1.67 bits per heavy atom. The molecule has 1 aliphatic heterocycles. The first-order valence-corrected chi connectivity index (χ1v) is 13.6. The number of aryl methyl sites for hydroxylation is 1. The molecule has 0 spiro atoms. The molecule has 0 bridgehead atoms. The molecule has 2 aromatic rings. The fraction of sp³-hybridized carbons (Fsp3) is 0.429. The van der Waals surface area contributed by atoms with Crippen LogP contribution in [0.3, 0.4) is 0 Å². The number of piperidine rings is 1. The van der Waals surface area contributed by atoms with E-state index >= 15 is 0 Å². The lowest BCUT2D eigenvalue weighted by molar-refractivity contribution is -0.118. The second-order valence-corrected chi connectivity index (χ2v) is 12.5. The summed E-state index contributed by atoms with van der Waals surface area (Å²) in [5.74, 6) is -0.497. The van der Waals surface area contributed by atoms with E-state index < -0.39 is 21.1 Å². The van der Waals surface area contributed by atoms with Crippen LogP contribution in [0.25, 0.3) is 0 Å². The van der Waals surface area contributed by atoms with Crippen molar-refractivity contribution in [3.63, 3.8) is 0 Å².